The molecule has 0 aliphatic heterocycles. The number of alkyl carbamates (subject to hydrolysis) is 1. The quantitative estimate of drug-likeness (QED) is 0.408. The van der Waals surface area contributed by atoms with Gasteiger partial charge < -0.3 is 19.5 Å². The number of rotatable bonds is 8. The van der Waals surface area contributed by atoms with Crippen molar-refractivity contribution in [1.82, 2.24) is 30.5 Å². The van der Waals surface area contributed by atoms with Crippen molar-refractivity contribution < 1.29 is 23.8 Å². The zero-order chi connectivity index (χ0) is 27.2. The summed E-state index contributed by atoms with van der Waals surface area (Å²) in [4.78, 5) is 30.2. The van der Waals surface area contributed by atoms with E-state index in [-0.39, 0.29) is 13.0 Å². The Morgan fingerprint density at radius 1 is 1.00 bits per heavy atom. The van der Waals surface area contributed by atoms with E-state index in [1.54, 1.807) is 77.9 Å². The van der Waals surface area contributed by atoms with E-state index in [2.05, 4.69) is 25.7 Å². The van der Waals surface area contributed by atoms with E-state index in [0.29, 0.717) is 28.0 Å². The molecule has 2 heterocycles. The van der Waals surface area contributed by atoms with Crippen LogP contribution in [0.25, 0.3) is 11.4 Å². The van der Waals surface area contributed by atoms with Gasteiger partial charge in [-0.05, 0) is 77.1 Å². The molecule has 0 saturated heterocycles. The lowest BCUT2D eigenvalue weighted by molar-refractivity contribution is -0.155. The number of pyridine rings is 1. The van der Waals surface area contributed by atoms with Crippen LogP contribution in [-0.2, 0) is 20.8 Å². The van der Waals surface area contributed by atoms with Gasteiger partial charge >= 0.3 is 12.1 Å². The van der Waals surface area contributed by atoms with Gasteiger partial charge in [0.25, 0.3) is 0 Å². The normalized spacial score (nSPS) is 12.5. The highest BCUT2D eigenvalue weighted by atomic mass is 35.5. The second kappa shape index (κ2) is 11.5. The summed E-state index contributed by atoms with van der Waals surface area (Å²) < 4.78 is 16.4. The van der Waals surface area contributed by atoms with Crippen molar-refractivity contribution in [1.29, 1.82) is 0 Å². The van der Waals surface area contributed by atoms with E-state index in [1.807, 2.05) is 0 Å². The van der Waals surface area contributed by atoms with Crippen LogP contribution in [0.1, 0.15) is 48.0 Å². The second-order valence-electron chi connectivity index (χ2n) is 10.2. The van der Waals surface area contributed by atoms with Crippen LogP contribution in [0.2, 0.25) is 5.02 Å². The predicted octanol–water partition coefficient (Wildman–Crippen LogP) is 4.81. The number of nitrogens with zero attached hydrogens (tertiary/aromatic N) is 5. The van der Waals surface area contributed by atoms with E-state index in [9.17, 15) is 9.59 Å². The number of carbonyl (C=O) groups excluding carboxylic acids is 2. The van der Waals surface area contributed by atoms with Crippen LogP contribution in [0.4, 0.5) is 4.79 Å². The fraction of sp³-hybridized carbons (Fsp3) is 0.440. The van der Waals surface area contributed by atoms with Gasteiger partial charge in [0.05, 0.1) is 24.0 Å². The Kier molecular flexibility index (Phi) is 8.69. The highest BCUT2D eigenvalue weighted by Gasteiger charge is 2.25. The fourth-order valence-corrected chi connectivity index (χ4v) is 3.18. The molecule has 0 bridgehead atoms. The van der Waals surface area contributed by atoms with E-state index in [4.69, 9.17) is 25.8 Å². The Hall–Kier alpha value is -3.73. The van der Waals surface area contributed by atoms with Crippen molar-refractivity contribution in [2.24, 2.45) is 0 Å². The van der Waals surface area contributed by atoms with Crippen molar-refractivity contribution in [3.63, 3.8) is 0 Å². The molecule has 0 aliphatic carbocycles. The van der Waals surface area contributed by atoms with Gasteiger partial charge in [0.2, 0.25) is 11.7 Å². The first kappa shape index (κ1) is 27.9. The molecule has 198 valence electrons. The Bertz CT molecular complexity index is 1170. The van der Waals surface area contributed by atoms with E-state index in [0.717, 1.165) is 0 Å². The molecule has 11 nitrogen and oxygen atoms in total. The highest BCUT2D eigenvalue weighted by Crippen LogP contribution is 2.23. The van der Waals surface area contributed by atoms with Gasteiger partial charge in [-0.25, -0.2) is 9.78 Å². The van der Waals surface area contributed by atoms with Crippen molar-refractivity contribution in [3.8, 4) is 23.0 Å². The van der Waals surface area contributed by atoms with Gasteiger partial charge in [-0.15, -0.1) is 10.2 Å². The molecule has 3 aromatic rings. The Morgan fingerprint density at radius 2 is 1.68 bits per heavy atom. The number of hydrogen-bond acceptors (Lipinski definition) is 9. The Morgan fingerprint density at radius 3 is 2.27 bits per heavy atom. The van der Waals surface area contributed by atoms with Crippen LogP contribution in [0.3, 0.4) is 0 Å². The molecule has 0 unspecified atom stereocenters. The predicted molar refractivity (Wildman–Crippen MR) is 136 cm³/mol. The van der Waals surface area contributed by atoms with Gasteiger partial charge in [-0.3, -0.25) is 4.79 Å². The van der Waals surface area contributed by atoms with Crippen molar-refractivity contribution >= 4 is 23.7 Å². The minimum absolute atomic E-state index is 0.0783. The maximum Gasteiger partial charge on any atom is 0.407 e. The summed E-state index contributed by atoms with van der Waals surface area (Å²) in [5.74, 6) is 0.879. The summed E-state index contributed by atoms with van der Waals surface area (Å²) in [5, 5.41) is 15.8. The van der Waals surface area contributed by atoms with Crippen LogP contribution >= 0.6 is 11.6 Å². The maximum atomic E-state index is 12.4. The number of ether oxygens (including phenoxy) is 3. The molecule has 0 fully saturated rings. The molecule has 1 N–H and O–H groups in total. The molecular weight excluding hydrogens is 500 g/mol. The fourth-order valence-electron chi connectivity index (χ4n) is 3.07. The SMILES string of the molecule is CC(C)(C)OC(=O)C[C@H](Cn1nnc(-c2ccc(Oc3ccc(Cl)cn3)cc2)n1)NC(=O)OC(C)(C)C. The van der Waals surface area contributed by atoms with E-state index < -0.39 is 29.3 Å². The summed E-state index contributed by atoms with van der Waals surface area (Å²) in [6, 6.07) is 9.74. The average molecular weight is 531 g/mol. The number of nitrogens with one attached hydrogen (secondary N) is 1. The van der Waals surface area contributed by atoms with Crippen LogP contribution < -0.4 is 10.1 Å². The van der Waals surface area contributed by atoms with Crippen molar-refractivity contribution in [2.75, 3.05) is 0 Å². The van der Waals surface area contributed by atoms with Crippen LogP contribution in [0, 0.1) is 0 Å². The number of tetrazole rings is 1. The first-order valence-corrected chi connectivity index (χ1v) is 12.0. The number of benzene rings is 1. The third-order valence-corrected chi connectivity index (χ3v) is 4.65. The lowest BCUT2D eigenvalue weighted by atomic mass is 10.1. The molecule has 0 aliphatic rings. The van der Waals surface area contributed by atoms with Crippen LogP contribution in [0.15, 0.2) is 42.6 Å². The van der Waals surface area contributed by atoms with Crippen LogP contribution in [0.5, 0.6) is 11.6 Å². The first-order valence-electron chi connectivity index (χ1n) is 11.6. The van der Waals surface area contributed by atoms with Gasteiger partial charge in [0.15, 0.2) is 0 Å². The number of esters is 1. The molecule has 0 spiro atoms. The average Bonchev–Trinajstić information content (AvgIpc) is 3.21. The summed E-state index contributed by atoms with van der Waals surface area (Å²) in [5.41, 5.74) is -0.656. The van der Waals surface area contributed by atoms with Gasteiger partial charge in [-0.2, -0.15) is 4.80 Å². The minimum Gasteiger partial charge on any atom is -0.460 e. The molecule has 3 rings (SSSR count). The number of aromatic nitrogens is 5. The third kappa shape index (κ3) is 9.68. The molecule has 37 heavy (non-hydrogen) atoms. The van der Waals surface area contributed by atoms with Crippen molar-refractivity contribution in [3.05, 3.63) is 47.6 Å². The number of carbonyl (C=O) groups is 2. The zero-order valence-electron chi connectivity index (χ0n) is 21.7. The van der Waals surface area contributed by atoms with E-state index >= 15 is 0 Å². The first-order chi connectivity index (χ1) is 17.3. The van der Waals surface area contributed by atoms with Crippen molar-refractivity contribution in [2.45, 2.75) is 71.8 Å². The smallest absolute Gasteiger partial charge is 0.407 e. The largest absolute Gasteiger partial charge is 0.460 e. The Labute approximate surface area is 220 Å². The third-order valence-electron chi connectivity index (χ3n) is 4.43. The molecule has 0 saturated carbocycles. The lowest BCUT2D eigenvalue weighted by Gasteiger charge is -2.24. The molecule has 2 aromatic heterocycles. The molecule has 12 heteroatoms. The molecule has 1 amide bonds. The molecule has 1 aromatic carbocycles. The number of halogens is 1. The number of amides is 1. The molecular formula is C25H31ClN6O5. The highest BCUT2D eigenvalue weighted by molar-refractivity contribution is 6.30. The summed E-state index contributed by atoms with van der Waals surface area (Å²) >= 11 is 5.85. The summed E-state index contributed by atoms with van der Waals surface area (Å²) in [7, 11) is 0. The topological polar surface area (TPSA) is 130 Å². The monoisotopic (exact) mass is 530 g/mol. The molecule has 1 atom stereocenters. The second-order valence-corrected chi connectivity index (χ2v) is 10.7. The Balaban J connectivity index is 1.68. The van der Waals surface area contributed by atoms with Gasteiger partial charge in [-0.1, -0.05) is 11.6 Å². The maximum absolute atomic E-state index is 12.4. The van der Waals surface area contributed by atoms with Gasteiger partial charge in [0, 0.05) is 17.8 Å². The van der Waals surface area contributed by atoms with E-state index in [1.165, 1.54) is 11.0 Å². The summed E-state index contributed by atoms with van der Waals surface area (Å²) in [6.07, 6.45) is 0.742. The number of hydrogen-bond donors (Lipinski definition) is 1. The molecule has 0 radical (unpaired) electrons. The van der Waals surface area contributed by atoms with Crippen LogP contribution in [-0.4, -0.2) is 54.5 Å². The minimum atomic E-state index is -0.696. The standard InChI is InChI=1S/C25H31ClN6O5/c1-24(2,3)36-21(33)13-18(28-23(34)37-25(4,5)6)15-32-30-22(29-31-32)16-7-10-19(11-8-16)35-20-12-9-17(26)14-27-20/h7-12,14,18H,13,15H2,1-6H3,(H,28,34)/t18-/m1/s1. The lowest BCUT2D eigenvalue weighted by Crippen LogP contribution is -2.43. The van der Waals surface area contributed by atoms with Gasteiger partial charge in [0.1, 0.15) is 17.0 Å². The zero-order valence-corrected chi connectivity index (χ0v) is 22.4. The summed E-state index contributed by atoms with van der Waals surface area (Å²) in [6.45, 7) is 10.7.